The molecule has 0 aliphatic carbocycles. The lowest BCUT2D eigenvalue weighted by Gasteiger charge is -2.40. The maximum Gasteiger partial charge on any atom is 0.327 e. The standard InChI is InChI=1S/C17H21NO4/c1-4-17(5-2,6-3)13(16(21)22)18-14(19)11-9-7-8-10-12(11)15(18)20/h7-10,13H,4-6H2,1-3H3,(H,21,22)/t13-/m1/s1. The molecule has 0 radical (unpaired) electrons. The normalized spacial score (nSPS) is 15.9. The Labute approximate surface area is 129 Å². The van der Waals surface area contributed by atoms with Gasteiger partial charge in [0.05, 0.1) is 11.1 Å². The van der Waals surface area contributed by atoms with Crippen LogP contribution in [0.25, 0.3) is 0 Å². The van der Waals surface area contributed by atoms with Crippen LogP contribution in [0, 0.1) is 5.41 Å². The lowest BCUT2D eigenvalue weighted by atomic mass is 9.72. The highest BCUT2D eigenvalue weighted by molar-refractivity contribution is 6.22. The summed E-state index contributed by atoms with van der Waals surface area (Å²) < 4.78 is 0. The van der Waals surface area contributed by atoms with E-state index in [1.54, 1.807) is 24.3 Å². The Bertz CT molecular complexity index is 576. The summed E-state index contributed by atoms with van der Waals surface area (Å²) >= 11 is 0. The van der Waals surface area contributed by atoms with Gasteiger partial charge in [-0.3, -0.25) is 14.5 Å². The van der Waals surface area contributed by atoms with Crippen molar-refractivity contribution in [1.82, 2.24) is 4.90 Å². The number of hydrogen-bond acceptors (Lipinski definition) is 3. The number of imide groups is 1. The van der Waals surface area contributed by atoms with Crippen LogP contribution in [0.4, 0.5) is 0 Å². The first kappa shape index (κ1) is 16.2. The molecule has 0 fully saturated rings. The number of carboxylic acid groups (broad SMARTS) is 1. The highest BCUT2D eigenvalue weighted by Gasteiger charge is 2.50. The van der Waals surface area contributed by atoms with Gasteiger partial charge in [0, 0.05) is 5.41 Å². The monoisotopic (exact) mass is 303 g/mol. The zero-order valence-corrected chi connectivity index (χ0v) is 13.1. The molecule has 1 atom stereocenters. The Hall–Kier alpha value is -2.17. The molecular weight excluding hydrogens is 282 g/mol. The Morgan fingerprint density at radius 3 is 1.77 bits per heavy atom. The molecule has 5 nitrogen and oxygen atoms in total. The molecule has 1 aromatic carbocycles. The predicted octanol–water partition coefficient (Wildman–Crippen LogP) is 2.95. The fourth-order valence-corrected chi connectivity index (χ4v) is 3.42. The number of fused-ring (bicyclic) bond motifs is 1. The number of carboxylic acids is 1. The quantitative estimate of drug-likeness (QED) is 0.820. The minimum atomic E-state index is -1.14. The van der Waals surface area contributed by atoms with Crippen molar-refractivity contribution in [2.45, 2.75) is 46.1 Å². The summed E-state index contributed by atoms with van der Waals surface area (Å²) in [6.07, 6.45) is 1.76. The molecule has 5 heteroatoms. The number of carbonyl (C=O) groups is 3. The van der Waals surface area contributed by atoms with E-state index < -0.39 is 29.2 Å². The van der Waals surface area contributed by atoms with Crippen molar-refractivity contribution in [3.63, 3.8) is 0 Å². The lowest BCUT2D eigenvalue weighted by molar-refractivity contribution is -0.147. The summed E-state index contributed by atoms with van der Waals surface area (Å²) in [5, 5.41) is 9.73. The maximum absolute atomic E-state index is 12.6. The van der Waals surface area contributed by atoms with E-state index in [0.29, 0.717) is 19.3 Å². The molecule has 1 aliphatic heterocycles. The van der Waals surface area contributed by atoms with Gasteiger partial charge in [-0.15, -0.1) is 0 Å². The zero-order chi connectivity index (χ0) is 16.5. The third kappa shape index (κ3) is 2.21. The van der Waals surface area contributed by atoms with Gasteiger partial charge in [0.15, 0.2) is 0 Å². The van der Waals surface area contributed by atoms with Gasteiger partial charge in [0.1, 0.15) is 6.04 Å². The van der Waals surface area contributed by atoms with Gasteiger partial charge in [0.25, 0.3) is 11.8 Å². The first-order chi connectivity index (χ1) is 10.4. The number of amides is 2. The van der Waals surface area contributed by atoms with E-state index in [-0.39, 0.29) is 11.1 Å². The number of nitrogens with zero attached hydrogens (tertiary/aromatic N) is 1. The Morgan fingerprint density at radius 2 is 1.45 bits per heavy atom. The molecule has 0 saturated carbocycles. The molecule has 0 saturated heterocycles. The average Bonchev–Trinajstić information content (AvgIpc) is 2.77. The molecule has 2 rings (SSSR count). The van der Waals surface area contributed by atoms with Crippen LogP contribution < -0.4 is 0 Å². The smallest absolute Gasteiger partial charge is 0.327 e. The molecule has 22 heavy (non-hydrogen) atoms. The molecule has 1 heterocycles. The molecule has 0 aromatic heterocycles. The van der Waals surface area contributed by atoms with Crippen molar-refractivity contribution < 1.29 is 19.5 Å². The largest absolute Gasteiger partial charge is 0.480 e. The van der Waals surface area contributed by atoms with Crippen LogP contribution in [-0.4, -0.2) is 33.8 Å². The second-order valence-corrected chi connectivity index (χ2v) is 5.69. The average molecular weight is 303 g/mol. The van der Waals surface area contributed by atoms with Gasteiger partial charge in [-0.25, -0.2) is 4.79 Å². The van der Waals surface area contributed by atoms with Crippen LogP contribution in [0.2, 0.25) is 0 Å². The van der Waals surface area contributed by atoms with Crippen LogP contribution in [0.15, 0.2) is 24.3 Å². The number of benzene rings is 1. The van der Waals surface area contributed by atoms with Gasteiger partial charge >= 0.3 is 5.97 Å². The first-order valence-corrected chi connectivity index (χ1v) is 7.63. The minimum Gasteiger partial charge on any atom is -0.480 e. The molecular formula is C17H21NO4. The molecule has 0 unspecified atom stereocenters. The van der Waals surface area contributed by atoms with Gasteiger partial charge in [0.2, 0.25) is 0 Å². The van der Waals surface area contributed by atoms with Gasteiger partial charge in [-0.05, 0) is 31.4 Å². The molecule has 1 aromatic rings. The number of aliphatic carboxylic acids is 1. The lowest BCUT2D eigenvalue weighted by Crippen LogP contribution is -2.54. The highest BCUT2D eigenvalue weighted by atomic mass is 16.4. The predicted molar refractivity (Wildman–Crippen MR) is 81.7 cm³/mol. The molecule has 1 aliphatic rings. The maximum atomic E-state index is 12.6. The summed E-state index contributed by atoms with van der Waals surface area (Å²) in [6.45, 7) is 5.71. The van der Waals surface area contributed by atoms with Crippen molar-refractivity contribution in [2.24, 2.45) is 5.41 Å². The number of rotatable bonds is 6. The Balaban J connectivity index is 2.55. The van der Waals surface area contributed by atoms with Crippen LogP contribution >= 0.6 is 0 Å². The molecule has 0 spiro atoms. The Kier molecular flexibility index (Phi) is 4.35. The van der Waals surface area contributed by atoms with Crippen LogP contribution in [0.3, 0.4) is 0 Å². The van der Waals surface area contributed by atoms with Crippen LogP contribution in [-0.2, 0) is 4.79 Å². The van der Waals surface area contributed by atoms with E-state index in [1.165, 1.54) is 0 Å². The molecule has 0 bridgehead atoms. The van der Waals surface area contributed by atoms with Crippen molar-refractivity contribution >= 4 is 17.8 Å². The summed E-state index contributed by atoms with van der Waals surface area (Å²) in [5.74, 6) is -2.14. The van der Waals surface area contributed by atoms with Crippen LogP contribution in [0.1, 0.15) is 60.7 Å². The van der Waals surface area contributed by atoms with Crippen molar-refractivity contribution in [3.8, 4) is 0 Å². The third-order valence-electron chi connectivity index (χ3n) is 5.01. The fraction of sp³-hybridized carbons (Fsp3) is 0.471. The number of carbonyl (C=O) groups excluding carboxylic acids is 2. The second kappa shape index (κ2) is 5.91. The van der Waals surface area contributed by atoms with Crippen molar-refractivity contribution in [1.29, 1.82) is 0 Å². The summed E-state index contributed by atoms with van der Waals surface area (Å²) in [6, 6.07) is 5.35. The Morgan fingerprint density at radius 1 is 1.05 bits per heavy atom. The minimum absolute atomic E-state index is 0.288. The fourth-order valence-electron chi connectivity index (χ4n) is 3.42. The summed E-state index contributed by atoms with van der Waals surface area (Å²) in [7, 11) is 0. The SMILES string of the molecule is CCC(CC)(CC)[C@@H](C(=O)O)N1C(=O)c2ccccc2C1=O. The topological polar surface area (TPSA) is 74.7 Å². The zero-order valence-electron chi connectivity index (χ0n) is 13.1. The highest BCUT2D eigenvalue weighted by Crippen LogP contribution is 2.40. The van der Waals surface area contributed by atoms with E-state index in [1.807, 2.05) is 20.8 Å². The molecule has 1 N–H and O–H groups in total. The van der Waals surface area contributed by atoms with Gasteiger partial charge in [-0.2, -0.15) is 0 Å². The van der Waals surface area contributed by atoms with E-state index in [9.17, 15) is 19.5 Å². The van der Waals surface area contributed by atoms with E-state index in [4.69, 9.17) is 0 Å². The third-order valence-corrected chi connectivity index (χ3v) is 5.01. The number of hydrogen-bond donors (Lipinski definition) is 1. The van der Waals surface area contributed by atoms with E-state index in [0.717, 1.165) is 4.90 Å². The van der Waals surface area contributed by atoms with Crippen molar-refractivity contribution in [3.05, 3.63) is 35.4 Å². The molecule has 2 amide bonds. The van der Waals surface area contributed by atoms with E-state index >= 15 is 0 Å². The summed E-state index contributed by atoms with van der Waals surface area (Å²) in [4.78, 5) is 38.0. The molecule has 118 valence electrons. The van der Waals surface area contributed by atoms with Crippen molar-refractivity contribution in [2.75, 3.05) is 0 Å². The van der Waals surface area contributed by atoms with Gasteiger partial charge in [-0.1, -0.05) is 32.9 Å². The van der Waals surface area contributed by atoms with Gasteiger partial charge < -0.3 is 5.11 Å². The first-order valence-electron chi connectivity index (χ1n) is 7.63. The van der Waals surface area contributed by atoms with Crippen LogP contribution in [0.5, 0.6) is 0 Å². The second-order valence-electron chi connectivity index (χ2n) is 5.69. The van der Waals surface area contributed by atoms with E-state index in [2.05, 4.69) is 0 Å². The summed E-state index contributed by atoms with van der Waals surface area (Å²) in [5.41, 5.74) is -0.0361.